The Kier molecular flexibility index (Phi) is 5.62. The Balaban J connectivity index is 1.51. The lowest BCUT2D eigenvalue weighted by atomic mass is 9.94. The number of Topliss-reactive ketones (excluding diaryl/α,β-unsaturated/α-hetero) is 1. The van der Waals surface area contributed by atoms with Crippen molar-refractivity contribution in [2.45, 2.75) is 6.04 Å². The number of hydrogen-bond donors (Lipinski definition) is 2. The van der Waals surface area contributed by atoms with Crippen molar-refractivity contribution < 1.29 is 14.7 Å². The number of aliphatic hydroxyl groups excluding tert-OH is 1. The van der Waals surface area contributed by atoms with Crippen LogP contribution in [0.5, 0.6) is 0 Å². The van der Waals surface area contributed by atoms with Crippen LogP contribution in [0, 0.1) is 0 Å². The first-order chi connectivity index (χ1) is 18.1. The monoisotopic (exact) mass is 506 g/mol. The summed E-state index contributed by atoms with van der Waals surface area (Å²) in [6.07, 6.45) is 1.74. The molecule has 1 saturated heterocycles. The topological polar surface area (TPSA) is 125 Å². The molecular weight excluding hydrogens is 488 g/mol. The van der Waals surface area contributed by atoms with Gasteiger partial charge in [0.15, 0.2) is 0 Å². The summed E-state index contributed by atoms with van der Waals surface area (Å²) < 4.78 is 0. The van der Waals surface area contributed by atoms with E-state index in [-0.39, 0.29) is 11.3 Å². The number of H-pyrrole nitrogens is 1. The molecule has 1 aliphatic rings. The molecule has 9 nitrogen and oxygen atoms in total. The molecule has 10 heteroatoms. The lowest BCUT2D eigenvalue weighted by Gasteiger charge is -2.26. The van der Waals surface area contributed by atoms with Gasteiger partial charge in [-0.05, 0) is 22.9 Å². The Labute approximate surface area is 214 Å². The standard InChI is InChI=1S/C27H18N6O3S/c34-23(17-5-2-1-3-6-17)21-22(16-9-11-18(12-10-16)26-28-13-14-37-26)33(27(36)24(21)35)20-8-4-7-19(15-20)25-29-31-32-30-25/h1-15,22,34H,(H,29,30,31,32). The fourth-order valence-corrected chi connectivity index (χ4v) is 5.06. The van der Waals surface area contributed by atoms with Gasteiger partial charge in [-0.25, -0.2) is 4.98 Å². The van der Waals surface area contributed by atoms with Crippen LogP contribution < -0.4 is 4.90 Å². The zero-order valence-electron chi connectivity index (χ0n) is 19.1. The molecule has 3 aromatic carbocycles. The number of tetrazole rings is 1. The van der Waals surface area contributed by atoms with E-state index in [1.165, 1.54) is 16.2 Å². The van der Waals surface area contributed by atoms with Crippen molar-refractivity contribution in [2.24, 2.45) is 0 Å². The number of aliphatic hydroxyl groups is 1. The van der Waals surface area contributed by atoms with E-state index >= 15 is 0 Å². The highest BCUT2D eigenvalue weighted by Gasteiger charge is 2.47. The summed E-state index contributed by atoms with van der Waals surface area (Å²) >= 11 is 1.52. The molecule has 6 rings (SSSR count). The Morgan fingerprint density at radius 3 is 2.46 bits per heavy atom. The molecule has 0 spiro atoms. The molecule has 5 aromatic rings. The van der Waals surface area contributed by atoms with Crippen molar-refractivity contribution in [1.82, 2.24) is 25.6 Å². The van der Waals surface area contributed by atoms with Crippen LogP contribution in [-0.2, 0) is 9.59 Å². The lowest BCUT2D eigenvalue weighted by Crippen LogP contribution is -2.29. The van der Waals surface area contributed by atoms with Crippen LogP contribution in [0.3, 0.4) is 0 Å². The van der Waals surface area contributed by atoms with Crippen molar-refractivity contribution in [3.63, 3.8) is 0 Å². The summed E-state index contributed by atoms with van der Waals surface area (Å²) in [4.78, 5) is 32.6. The first-order valence-electron chi connectivity index (χ1n) is 11.3. The largest absolute Gasteiger partial charge is 0.507 e. The van der Waals surface area contributed by atoms with Gasteiger partial charge in [-0.1, -0.05) is 66.7 Å². The molecule has 2 aromatic heterocycles. The van der Waals surface area contributed by atoms with Crippen molar-refractivity contribution in [3.8, 4) is 22.0 Å². The number of hydrogen-bond acceptors (Lipinski definition) is 8. The summed E-state index contributed by atoms with van der Waals surface area (Å²) in [6, 6.07) is 22.3. The highest BCUT2D eigenvalue weighted by Crippen LogP contribution is 2.43. The number of anilines is 1. The maximum atomic E-state index is 13.5. The molecule has 37 heavy (non-hydrogen) atoms. The van der Waals surface area contributed by atoms with Gasteiger partial charge in [0.1, 0.15) is 10.8 Å². The molecule has 0 saturated carbocycles. The van der Waals surface area contributed by atoms with Gasteiger partial charge in [0, 0.05) is 34.0 Å². The molecule has 0 bridgehead atoms. The molecule has 2 N–H and O–H groups in total. The van der Waals surface area contributed by atoms with Crippen molar-refractivity contribution >= 4 is 34.5 Å². The summed E-state index contributed by atoms with van der Waals surface area (Å²) in [5.74, 6) is -1.38. The second kappa shape index (κ2) is 9.25. The van der Waals surface area contributed by atoms with Gasteiger partial charge in [0.25, 0.3) is 11.7 Å². The minimum atomic E-state index is -0.855. The lowest BCUT2D eigenvalue weighted by molar-refractivity contribution is -0.132. The van der Waals surface area contributed by atoms with E-state index in [4.69, 9.17) is 0 Å². The number of ketones is 1. The molecule has 1 unspecified atom stereocenters. The normalized spacial score (nSPS) is 16.9. The maximum Gasteiger partial charge on any atom is 0.300 e. The highest BCUT2D eigenvalue weighted by molar-refractivity contribution is 7.13. The molecular formula is C27H18N6O3S. The van der Waals surface area contributed by atoms with Gasteiger partial charge in [-0.3, -0.25) is 14.5 Å². The predicted molar refractivity (Wildman–Crippen MR) is 138 cm³/mol. The zero-order chi connectivity index (χ0) is 25.4. The van der Waals surface area contributed by atoms with Gasteiger partial charge < -0.3 is 5.11 Å². The van der Waals surface area contributed by atoms with Crippen molar-refractivity contribution in [2.75, 3.05) is 4.90 Å². The summed E-state index contributed by atoms with van der Waals surface area (Å²) in [6.45, 7) is 0. The Bertz CT molecular complexity index is 1610. The molecule has 1 atom stereocenters. The number of carbonyl (C=O) groups is 2. The van der Waals surface area contributed by atoms with Gasteiger partial charge in [-0.2, -0.15) is 5.21 Å². The van der Waals surface area contributed by atoms with E-state index in [1.807, 2.05) is 35.7 Å². The van der Waals surface area contributed by atoms with E-state index in [0.29, 0.717) is 28.2 Å². The van der Waals surface area contributed by atoms with Crippen LogP contribution in [0.4, 0.5) is 5.69 Å². The molecule has 0 aliphatic carbocycles. The first kappa shape index (κ1) is 22.5. The molecule has 1 fully saturated rings. The van der Waals surface area contributed by atoms with E-state index < -0.39 is 17.7 Å². The van der Waals surface area contributed by atoms with E-state index in [0.717, 1.165) is 10.6 Å². The SMILES string of the molecule is O=C1C(=O)N(c2cccc(-c3nn[nH]n3)c2)C(c2ccc(-c3nccs3)cc2)C1=C(O)c1ccccc1. The average molecular weight is 507 g/mol. The minimum absolute atomic E-state index is 0.0168. The Morgan fingerprint density at radius 1 is 0.946 bits per heavy atom. The number of aromatic amines is 1. The highest BCUT2D eigenvalue weighted by atomic mass is 32.1. The number of nitrogens with one attached hydrogen (secondary N) is 1. The quantitative estimate of drug-likeness (QED) is 0.202. The number of thiazole rings is 1. The average Bonchev–Trinajstić information content (AvgIpc) is 3.72. The third kappa shape index (κ3) is 3.99. The number of rotatable bonds is 5. The molecule has 1 amide bonds. The fraction of sp³-hybridized carbons (Fsp3) is 0.0370. The van der Waals surface area contributed by atoms with E-state index in [1.54, 1.807) is 54.7 Å². The molecule has 3 heterocycles. The molecule has 1 aliphatic heterocycles. The van der Waals surface area contributed by atoms with Gasteiger partial charge in [0.05, 0.1) is 11.6 Å². The molecule has 0 radical (unpaired) electrons. The summed E-state index contributed by atoms with van der Waals surface area (Å²) in [5.41, 5.74) is 3.13. The third-order valence-electron chi connectivity index (χ3n) is 6.13. The van der Waals surface area contributed by atoms with Gasteiger partial charge in [0.2, 0.25) is 5.82 Å². The van der Waals surface area contributed by atoms with Crippen LogP contribution in [-0.4, -0.2) is 42.4 Å². The fourth-order valence-electron chi connectivity index (χ4n) is 4.42. The minimum Gasteiger partial charge on any atom is -0.507 e. The number of amides is 1. The van der Waals surface area contributed by atoms with Crippen molar-refractivity contribution in [1.29, 1.82) is 0 Å². The van der Waals surface area contributed by atoms with Crippen LogP contribution in [0.2, 0.25) is 0 Å². The van der Waals surface area contributed by atoms with Gasteiger partial charge >= 0.3 is 0 Å². The zero-order valence-corrected chi connectivity index (χ0v) is 20.0. The third-order valence-corrected chi connectivity index (χ3v) is 6.95. The second-order valence-corrected chi connectivity index (χ2v) is 9.17. The smallest absolute Gasteiger partial charge is 0.300 e. The number of carbonyl (C=O) groups excluding carboxylic acids is 2. The summed E-state index contributed by atoms with van der Waals surface area (Å²) in [7, 11) is 0. The first-order valence-corrected chi connectivity index (χ1v) is 12.2. The second-order valence-electron chi connectivity index (χ2n) is 8.28. The predicted octanol–water partition coefficient (Wildman–Crippen LogP) is 4.62. The number of nitrogens with zero attached hydrogens (tertiary/aromatic N) is 5. The van der Waals surface area contributed by atoms with Crippen molar-refractivity contribution in [3.05, 3.63) is 107 Å². The Hall–Kier alpha value is -4.96. The van der Waals surface area contributed by atoms with E-state index in [2.05, 4.69) is 25.6 Å². The summed E-state index contributed by atoms with van der Waals surface area (Å²) in [5, 5.41) is 28.0. The van der Waals surface area contributed by atoms with E-state index in [9.17, 15) is 14.7 Å². The van der Waals surface area contributed by atoms with Gasteiger partial charge in [-0.15, -0.1) is 21.5 Å². The van der Waals surface area contributed by atoms with Crippen LogP contribution in [0.1, 0.15) is 17.2 Å². The Morgan fingerprint density at radius 2 is 1.76 bits per heavy atom. The number of aromatic nitrogens is 5. The number of benzene rings is 3. The van der Waals surface area contributed by atoms with Crippen LogP contribution >= 0.6 is 11.3 Å². The maximum absolute atomic E-state index is 13.5. The van der Waals surface area contributed by atoms with Crippen LogP contribution in [0.15, 0.2) is 96.0 Å². The van der Waals surface area contributed by atoms with Crippen LogP contribution in [0.25, 0.3) is 27.7 Å². The molecule has 180 valence electrons.